The molecule has 9 heavy (non-hydrogen) atoms. The quantitative estimate of drug-likeness (QED) is 0.516. The van der Waals surface area contributed by atoms with Crippen LogP contribution >= 0.6 is 11.6 Å². The van der Waals surface area contributed by atoms with Crippen LogP contribution in [0.2, 0.25) is 0 Å². The van der Waals surface area contributed by atoms with Crippen molar-refractivity contribution in [1.82, 2.24) is 0 Å². The Balaban J connectivity index is 2.62. The number of carbonyl (C=O) groups is 1. The summed E-state index contributed by atoms with van der Waals surface area (Å²) in [4.78, 5) is 10.7. The fraction of sp³-hybridized carbons (Fsp3) is 0.857. The Morgan fingerprint density at radius 1 is 1.56 bits per heavy atom. The summed E-state index contributed by atoms with van der Waals surface area (Å²) >= 11 is 5.82. The molecule has 0 saturated heterocycles. The van der Waals surface area contributed by atoms with Crippen molar-refractivity contribution < 1.29 is 4.79 Å². The molecule has 0 unspecified atom stereocenters. The van der Waals surface area contributed by atoms with Crippen molar-refractivity contribution in [1.29, 1.82) is 0 Å². The third-order valence-electron chi connectivity index (χ3n) is 2.13. The van der Waals surface area contributed by atoms with E-state index in [1.165, 1.54) is 0 Å². The van der Waals surface area contributed by atoms with E-state index in [1.807, 2.05) is 13.8 Å². The first-order valence-electron chi connectivity index (χ1n) is 3.12. The summed E-state index contributed by atoms with van der Waals surface area (Å²) in [6.45, 7) is 5.66. The van der Waals surface area contributed by atoms with Crippen LogP contribution in [0.15, 0.2) is 0 Å². The molecule has 2 heteroatoms. The van der Waals surface area contributed by atoms with Gasteiger partial charge in [0, 0.05) is 11.3 Å². The van der Waals surface area contributed by atoms with Crippen LogP contribution in [-0.2, 0) is 4.79 Å². The lowest BCUT2D eigenvalue weighted by molar-refractivity contribution is -0.118. The molecular formula is C7H11ClO. The minimum Gasteiger partial charge on any atom is -0.300 e. The molecule has 1 saturated carbocycles. The molecule has 0 aromatic carbocycles. The normalized spacial score (nSPS) is 38.2. The van der Waals surface area contributed by atoms with E-state index in [2.05, 4.69) is 0 Å². The summed E-state index contributed by atoms with van der Waals surface area (Å²) in [5.41, 5.74) is 0.0629. The summed E-state index contributed by atoms with van der Waals surface area (Å²) in [6, 6.07) is 0. The van der Waals surface area contributed by atoms with Crippen LogP contribution < -0.4 is 0 Å². The summed E-state index contributed by atoms with van der Waals surface area (Å²) in [5.74, 6) is 0.333. The largest absolute Gasteiger partial charge is 0.300 e. The van der Waals surface area contributed by atoms with Gasteiger partial charge in [-0.15, -0.1) is 11.6 Å². The molecule has 0 N–H and O–H groups in total. The van der Waals surface area contributed by atoms with E-state index in [-0.39, 0.29) is 22.5 Å². The van der Waals surface area contributed by atoms with E-state index in [0.717, 1.165) is 0 Å². The highest BCUT2D eigenvalue weighted by Crippen LogP contribution is 2.56. The number of hydrogen-bond donors (Lipinski definition) is 0. The third kappa shape index (κ3) is 0.877. The highest BCUT2D eigenvalue weighted by Gasteiger charge is 2.59. The molecule has 1 fully saturated rings. The van der Waals surface area contributed by atoms with E-state index < -0.39 is 0 Å². The van der Waals surface area contributed by atoms with Crippen molar-refractivity contribution in [3.05, 3.63) is 0 Å². The lowest BCUT2D eigenvalue weighted by atomic mass is 10.1. The van der Waals surface area contributed by atoms with E-state index >= 15 is 0 Å². The van der Waals surface area contributed by atoms with Crippen LogP contribution in [0.25, 0.3) is 0 Å². The van der Waals surface area contributed by atoms with Crippen molar-refractivity contribution in [2.75, 3.05) is 0 Å². The topological polar surface area (TPSA) is 17.1 Å². The van der Waals surface area contributed by atoms with Gasteiger partial charge in [0.05, 0.1) is 0 Å². The van der Waals surface area contributed by atoms with Crippen molar-refractivity contribution >= 4 is 17.4 Å². The van der Waals surface area contributed by atoms with Crippen LogP contribution in [0, 0.1) is 11.3 Å². The van der Waals surface area contributed by atoms with Crippen molar-refractivity contribution in [2.45, 2.75) is 26.1 Å². The lowest BCUT2D eigenvalue weighted by Crippen LogP contribution is -1.99. The molecule has 0 aromatic heterocycles. The Morgan fingerprint density at radius 3 is 1.89 bits per heavy atom. The zero-order chi connectivity index (χ0) is 7.23. The average Bonchev–Trinajstić information content (AvgIpc) is 2.07. The number of Topliss-reactive ketones (excluding diaryl/α,β-unsaturated/α-hetero) is 1. The van der Waals surface area contributed by atoms with E-state index in [1.54, 1.807) is 6.92 Å². The smallest absolute Gasteiger partial charge is 0.134 e. The minimum atomic E-state index is 0.0629. The number of ketones is 1. The van der Waals surface area contributed by atoms with Crippen LogP contribution in [0.5, 0.6) is 0 Å². The zero-order valence-corrected chi connectivity index (χ0v) is 6.70. The van der Waals surface area contributed by atoms with Gasteiger partial charge in [0.2, 0.25) is 0 Å². The van der Waals surface area contributed by atoms with Crippen LogP contribution in [0.3, 0.4) is 0 Å². The average molecular weight is 147 g/mol. The molecule has 0 aromatic rings. The highest BCUT2D eigenvalue weighted by atomic mass is 35.5. The summed E-state index contributed by atoms with van der Waals surface area (Å²) in [6.07, 6.45) is 0. The Morgan fingerprint density at radius 2 is 1.89 bits per heavy atom. The molecule has 0 bridgehead atoms. The molecule has 1 nitrogen and oxygen atoms in total. The molecule has 2 atom stereocenters. The second-order valence-electron chi connectivity index (χ2n) is 3.31. The number of halogens is 1. The van der Waals surface area contributed by atoms with Gasteiger partial charge in [0.25, 0.3) is 0 Å². The number of alkyl halides is 1. The maximum Gasteiger partial charge on any atom is 0.134 e. The first-order chi connectivity index (χ1) is 3.98. The second-order valence-corrected chi connectivity index (χ2v) is 3.78. The van der Waals surface area contributed by atoms with Gasteiger partial charge in [0.15, 0.2) is 0 Å². The molecule has 0 amide bonds. The molecule has 0 heterocycles. The number of carbonyl (C=O) groups excluding carboxylic acids is 1. The molecule has 0 radical (unpaired) electrons. The Labute approximate surface area is 60.4 Å². The monoisotopic (exact) mass is 146 g/mol. The Bertz CT molecular complexity index is 151. The SMILES string of the molecule is CC(=O)[C@@H]1[C@@H](Cl)C1(C)C. The highest BCUT2D eigenvalue weighted by molar-refractivity contribution is 6.25. The summed E-state index contributed by atoms with van der Waals surface area (Å²) in [7, 11) is 0. The van der Waals surface area contributed by atoms with Gasteiger partial charge in [-0.1, -0.05) is 13.8 Å². The van der Waals surface area contributed by atoms with Crippen molar-refractivity contribution in [2.24, 2.45) is 11.3 Å². The third-order valence-corrected chi connectivity index (χ3v) is 2.95. The van der Waals surface area contributed by atoms with Crippen LogP contribution in [0.1, 0.15) is 20.8 Å². The van der Waals surface area contributed by atoms with Gasteiger partial charge in [0.1, 0.15) is 5.78 Å². The second kappa shape index (κ2) is 1.72. The van der Waals surface area contributed by atoms with Gasteiger partial charge in [-0.05, 0) is 12.3 Å². The van der Waals surface area contributed by atoms with E-state index in [9.17, 15) is 4.79 Å². The number of hydrogen-bond acceptors (Lipinski definition) is 1. The molecule has 1 aliphatic rings. The Kier molecular flexibility index (Phi) is 1.35. The van der Waals surface area contributed by atoms with E-state index in [4.69, 9.17) is 11.6 Å². The summed E-state index contributed by atoms with van der Waals surface area (Å²) < 4.78 is 0. The lowest BCUT2D eigenvalue weighted by Gasteiger charge is -1.95. The molecule has 52 valence electrons. The predicted octanol–water partition coefficient (Wildman–Crippen LogP) is 1.84. The molecule has 0 spiro atoms. The molecule has 1 aliphatic carbocycles. The van der Waals surface area contributed by atoms with Crippen LogP contribution in [0.4, 0.5) is 0 Å². The predicted molar refractivity (Wildman–Crippen MR) is 37.6 cm³/mol. The van der Waals surface area contributed by atoms with Gasteiger partial charge < -0.3 is 0 Å². The Hall–Kier alpha value is -0.0400. The maximum atomic E-state index is 10.7. The fourth-order valence-corrected chi connectivity index (χ4v) is 1.87. The molecule has 0 aliphatic heterocycles. The van der Waals surface area contributed by atoms with Gasteiger partial charge in [-0.3, -0.25) is 4.79 Å². The number of rotatable bonds is 1. The van der Waals surface area contributed by atoms with Crippen molar-refractivity contribution in [3.63, 3.8) is 0 Å². The first kappa shape index (κ1) is 7.07. The molecule has 1 rings (SSSR count). The van der Waals surface area contributed by atoms with E-state index in [0.29, 0.717) is 0 Å². The van der Waals surface area contributed by atoms with Gasteiger partial charge in [-0.2, -0.15) is 0 Å². The van der Waals surface area contributed by atoms with Crippen LogP contribution in [-0.4, -0.2) is 11.2 Å². The first-order valence-corrected chi connectivity index (χ1v) is 3.56. The fourth-order valence-electron chi connectivity index (χ4n) is 1.31. The minimum absolute atomic E-state index is 0.0629. The maximum absolute atomic E-state index is 10.7. The van der Waals surface area contributed by atoms with Crippen molar-refractivity contribution in [3.8, 4) is 0 Å². The summed E-state index contributed by atoms with van der Waals surface area (Å²) in [5, 5.41) is 0.0787. The standard InChI is InChI=1S/C7H11ClO/c1-4(9)5-6(8)7(5,2)3/h5-6H,1-3H3/t5-,6-/m1/s1. The van der Waals surface area contributed by atoms with Gasteiger partial charge in [-0.25, -0.2) is 0 Å². The van der Waals surface area contributed by atoms with Gasteiger partial charge >= 0.3 is 0 Å². The molecular weight excluding hydrogens is 136 g/mol. The zero-order valence-electron chi connectivity index (χ0n) is 5.94.